The number of hydrogen-bond acceptors (Lipinski definition) is 2. The van der Waals surface area contributed by atoms with Crippen LogP contribution in [0.2, 0.25) is 0 Å². The second-order valence-electron chi connectivity index (χ2n) is 8.11. The molecule has 0 aromatic heterocycles. The SMILES string of the molecule is CC1(C)C(=O)CC[C@]2(C)C3=CCCC[C@]3(C#CC#N)CC[C@@H]12. The van der Waals surface area contributed by atoms with Crippen LogP contribution in [0, 0.1) is 45.3 Å². The molecule has 22 heavy (non-hydrogen) atoms. The van der Waals surface area contributed by atoms with Gasteiger partial charge >= 0.3 is 0 Å². The molecule has 3 aliphatic carbocycles. The number of ketones is 1. The van der Waals surface area contributed by atoms with Crippen molar-refractivity contribution in [1.29, 1.82) is 5.26 Å². The third-order valence-corrected chi connectivity index (χ3v) is 6.73. The van der Waals surface area contributed by atoms with Crippen LogP contribution in [-0.2, 0) is 4.79 Å². The van der Waals surface area contributed by atoms with Crippen molar-refractivity contribution in [2.75, 3.05) is 0 Å². The maximum absolute atomic E-state index is 12.4. The van der Waals surface area contributed by atoms with Crippen LogP contribution in [0.4, 0.5) is 0 Å². The third kappa shape index (κ3) is 1.97. The fourth-order valence-electron chi connectivity index (χ4n) is 5.61. The minimum absolute atomic E-state index is 0.0697. The van der Waals surface area contributed by atoms with Gasteiger partial charge in [0.2, 0.25) is 0 Å². The van der Waals surface area contributed by atoms with Crippen molar-refractivity contribution < 1.29 is 4.79 Å². The molecule has 0 spiro atoms. The topological polar surface area (TPSA) is 40.9 Å². The molecule has 0 heterocycles. The van der Waals surface area contributed by atoms with Gasteiger partial charge in [-0.05, 0) is 55.4 Å². The average molecular weight is 295 g/mol. The Kier molecular flexibility index (Phi) is 3.48. The van der Waals surface area contributed by atoms with E-state index in [-0.39, 0.29) is 16.2 Å². The van der Waals surface area contributed by atoms with Gasteiger partial charge in [-0.1, -0.05) is 32.8 Å². The van der Waals surface area contributed by atoms with Gasteiger partial charge in [0.15, 0.2) is 6.07 Å². The van der Waals surface area contributed by atoms with Crippen molar-refractivity contribution in [3.8, 4) is 17.9 Å². The zero-order valence-corrected chi connectivity index (χ0v) is 14.0. The van der Waals surface area contributed by atoms with E-state index >= 15 is 0 Å². The van der Waals surface area contributed by atoms with Gasteiger partial charge in [0.25, 0.3) is 0 Å². The summed E-state index contributed by atoms with van der Waals surface area (Å²) in [6.45, 7) is 6.62. The minimum atomic E-state index is -0.236. The molecule has 2 fully saturated rings. The standard InChI is InChI=1S/C20H25NO/c1-18(2)15-8-13-20(11-6-14-21)10-5-4-7-16(20)19(15,3)12-9-17(18)22/h7,15H,4-5,8-10,12-13H2,1-3H3/t15-,19-,20-/m0/s1. The van der Waals surface area contributed by atoms with Gasteiger partial charge in [-0.25, -0.2) is 0 Å². The lowest BCUT2D eigenvalue weighted by molar-refractivity contribution is -0.141. The summed E-state index contributed by atoms with van der Waals surface area (Å²) in [5.74, 6) is 6.84. The molecule has 116 valence electrons. The van der Waals surface area contributed by atoms with Crippen LogP contribution < -0.4 is 0 Å². The van der Waals surface area contributed by atoms with E-state index in [0.717, 1.165) is 38.5 Å². The molecule has 2 heteroatoms. The maximum Gasteiger partial charge on any atom is 0.152 e. The van der Waals surface area contributed by atoms with E-state index in [1.54, 1.807) is 0 Å². The van der Waals surface area contributed by atoms with Crippen molar-refractivity contribution in [3.05, 3.63) is 11.6 Å². The van der Waals surface area contributed by atoms with Gasteiger partial charge in [-0.2, -0.15) is 5.26 Å². The molecule has 0 unspecified atom stereocenters. The summed E-state index contributed by atoms with van der Waals surface area (Å²) in [7, 11) is 0. The first kappa shape index (κ1) is 15.4. The minimum Gasteiger partial charge on any atom is -0.299 e. The summed E-state index contributed by atoms with van der Waals surface area (Å²) in [6, 6.07) is 2.01. The molecule has 2 saturated carbocycles. The number of Topliss-reactive ketones (excluding diaryl/α,β-unsaturated/α-hetero) is 1. The van der Waals surface area contributed by atoms with Crippen LogP contribution in [-0.4, -0.2) is 5.78 Å². The van der Waals surface area contributed by atoms with Crippen LogP contribution in [0.1, 0.15) is 65.7 Å². The monoisotopic (exact) mass is 295 g/mol. The lowest BCUT2D eigenvalue weighted by atomic mass is 9.44. The fourth-order valence-corrected chi connectivity index (χ4v) is 5.61. The molecule has 2 nitrogen and oxygen atoms in total. The second kappa shape index (κ2) is 4.99. The first-order valence-corrected chi connectivity index (χ1v) is 8.52. The molecule has 0 aromatic carbocycles. The summed E-state index contributed by atoms with van der Waals surface area (Å²) in [6.07, 6.45) is 9.42. The van der Waals surface area contributed by atoms with E-state index < -0.39 is 0 Å². The van der Waals surface area contributed by atoms with Crippen LogP contribution >= 0.6 is 0 Å². The fraction of sp³-hybridized carbons (Fsp3) is 0.700. The summed E-state index contributed by atoms with van der Waals surface area (Å²) < 4.78 is 0. The number of rotatable bonds is 0. The largest absolute Gasteiger partial charge is 0.299 e. The number of carbonyl (C=O) groups excluding carboxylic acids is 1. The highest BCUT2D eigenvalue weighted by Crippen LogP contribution is 2.65. The third-order valence-electron chi connectivity index (χ3n) is 6.73. The van der Waals surface area contributed by atoms with Crippen molar-refractivity contribution in [3.63, 3.8) is 0 Å². The predicted octanol–water partition coefficient (Wildman–Crippen LogP) is 4.42. The second-order valence-corrected chi connectivity index (χ2v) is 8.11. The predicted molar refractivity (Wildman–Crippen MR) is 86.6 cm³/mol. The van der Waals surface area contributed by atoms with E-state index in [1.807, 2.05) is 6.07 Å². The molecule has 0 saturated heterocycles. The number of fused-ring (bicyclic) bond motifs is 3. The highest BCUT2D eigenvalue weighted by Gasteiger charge is 2.59. The van der Waals surface area contributed by atoms with Crippen molar-refractivity contribution in [2.45, 2.75) is 65.7 Å². The van der Waals surface area contributed by atoms with E-state index in [1.165, 1.54) is 5.57 Å². The molecular weight excluding hydrogens is 270 g/mol. The van der Waals surface area contributed by atoms with Gasteiger partial charge in [0.1, 0.15) is 5.78 Å². The summed E-state index contributed by atoms with van der Waals surface area (Å²) >= 11 is 0. The van der Waals surface area contributed by atoms with Crippen molar-refractivity contribution in [2.24, 2.45) is 22.2 Å². The number of nitriles is 1. The van der Waals surface area contributed by atoms with Gasteiger partial charge < -0.3 is 0 Å². The first-order valence-electron chi connectivity index (χ1n) is 8.52. The molecule has 3 aliphatic rings. The molecule has 0 N–H and O–H groups in total. The van der Waals surface area contributed by atoms with E-state index in [9.17, 15) is 4.79 Å². The number of hydrogen-bond donors (Lipinski definition) is 0. The number of nitrogens with zero attached hydrogens (tertiary/aromatic N) is 1. The number of allylic oxidation sites excluding steroid dienone is 2. The quantitative estimate of drug-likeness (QED) is 0.490. The Hall–Kier alpha value is -1.54. The van der Waals surface area contributed by atoms with Crippen molar-refractivity contribution in [1.82, 2.24) is 0 Å². The zero-order chi connectivity index (χ0) is 16.0. The van der Waals surface area contributed by atoms with Crippen LogP contribution in [0.25, 0.3) is 0 Å². The molecule has 0 radical (unpaired) electrons. The highest BCUT2D eigenvalue weighted by molar-refractivity contribution is 5.85. The Morgan fingerprint density at radius 1 is 1.23 bits per heavy atom. The Balaban J connectivity index is 2.10. The maximum atomic E-state index is 12.4. The molecule has 0 aromatic rings. The lowest BCUT2D eigenvalue weighted by Crippen LogP contribution is -2.54. The smallest absolute Gasteiger partial charge is 0.152 e. The van der Waals surface area contributed by atoms with E-state index in [0.29, 0.717) is 18.1 Å². The zero-order valence-electron chi connectivity index (χ0n) is 14.0. The Morgan fingerprint density at radius 2 is 2.00 bits per heavy atom. The van der Waals surface area contributed by atoms with Crippen LogP contribution in [0.3, 0.4) is 0 Å². The first-order chi connectivity index (χ1) is 10.4. The van der Waals surface area contributed by atoms with Gasteiger partial charge in [-0.3, -0.25) is 4.79 Å². The Bertz CT molecular complexity index is 639. The van der Waals surface area contributed by atoms with Crippen molar-refractivity contribution >= 4 is 5.78 Å². The molecule has 0 aliphatic heterocycles. The van der Waals surface area contributed by atoms with Crippen LogP contribution in [0.15, 0.2) is 11.6 Å². The summed E-state index contributed by atoms with van der Waals surface area (Å²) in [5.41, 5.74) is 1.18. The molecule has 0 amide bonds. The number of carbonyl (C=O) groups is 1. The van der Waals surface area contributed by atoms with E-state index in [2.05, 4.69) is 38.7 Å². The van der Waals surface area contributed by atoms with Gasteiger partial charge in [-0.15, -0.1) is 0 Å². The van der Waals surface area contributed by atoms with E-state index in [4.69, 9.17) is 5.26 Å². The summed E-state index contributed by atoms with van der Waals surface area (Å²) in [4.78, 5) is 12.4. The Labute approximate surface area is 134 Å². The Morgan fingerprint density at radius 3 is 2.73 bits per heavy atom. The van der Waals surface area contributed by atoms with Gasteiger partial charge in [0, 0.05) is 17.8 Å². The van der Waals surface area contributed by atoms with Crippen LogP contribution in [0.5, 0.6) is 0 Å². The average Bonchev–Trinajstić information content (AvgIpc) is 2.50. The molecule has 3 rings (SSSR count). The molecule has 0 bridgehead atoms. The summed E-state index contributed by atoms with van der Waals surface area (Å²) in [5, 5.41) is 8.91. The molecular formula is C20H25NO. The molecule has 3 atom stereocenters. The lowest BCUT2D eigenvalue weighted by Gasteiger charge is -2.59. The van der Waals surface area contributed by atoms with Gasteiger partial charge in [0.05, 0.1) is 5.41 Å². The normalized spacial score (nSPS) is 39.5. The highest BCUT2D eigenvalue weighted by atomic mass is 16.1.